The van der Waals surface area contributed by atoms with Gasteiger partial charge in [0, 0.05) is 18.3 Å². The van der Waals surface area contributed by atoms with Crippen molar-refractivity contribution in [2.75, 3.05) is 0 Å². The first kappa shape index (κ1) is 18.7. The summed E-state index contributed by atoms with van der Waals surface area (Å²) in [6.07, 6.45) is -2.90. The van der Waals surface area contributed by atoms with Crippen molar-refractivity contribution in [3.63, 3.8) is 0 Å². The van der Waals surface area contributed by atoms with Crippen LogP contribution in [-0.2, 0) is 12.7 Å². The van der Waals surface area contributed by atoms with Crippen LogP contribution in [-0.4, -0.2) is 34.5 Å². The highest BCUT2D eigenvalue weighted by atomic mass is 35.5. The average Bonchev–Trinajstić information content (AvgIpc) is 3.32. The third kappa shape index (κ3) is 2.78. The van der Waals surface area contributed by atoms with Gasteiger partial charge in [0.2, 0.25) is 11.6 Å². The van der Waals surface area contributed by atoms with E-state index in [0.717, 1.165) is 6.07 Å². The minimum absolute atomic E-state index is 0.162. The van der Waals surface area contributed by atoms with Crippen molar-refractivity contribution < 1.29 is 13.2 Å². The van der Waals surface area contributed by atoms with Crippen LogP contribution in [0, 0.1) is 0 Å². The minimum Gasteiger partial charge on any atom is -0.301 e. The van der Waals surface area contributed by atoms with Crippen LogP contribution in [0.4, 0.5) is 13.2 Å². The molecule has 4 heterocycles. The number of halogens is 4. The fraction of sp³-hybridized carbons (Fsp3) is 0.211. The maximum Gasteiger partial charge on any atom is 0.417 e. The van der Waals surface area contributed by atoms with Crippen molar-refractivity contribution in [3.05, 3.63) is 53.2 Å². The second-order valence-corrected chi connectivity index (χ2v) is 7.28. The summed E-state index contributed by atoms with van der Waals surface area (Å²) in [5.41, 5.74) is -0.0874. The third-order valence-electron chi connectivity index (χ3n) is 4.97. The molecule has 30 heavy (non-hydrogen) atoms. The molecule has 1 aromatic carbocycles. The van der Waals surface area contributed by atoms with Crippen LogP contribution in [0.3, 0.4) is 0 Å². The van der Waals surface area contributed by atoms with Crippen molar-refractivity contribution in [2.24, 2.45) is 0 Å². The molecule has 4 aromatic rings. The smallest absolute Gasteiger partial charge is 0.301 e. The summed E-state index contributed by atoms with van der Waals surface area (Å²) >= 11 is 6.12. The van der Waals surface area contributed by atoms with Gasteiger partial charge >= 0.3 is 6.18 Å². The third-order valence-corrected chi connectivity index (χ3v) is 5.38. The van der Waals surface area contributed by atoms with E-state index in [1.807, 2.05) is 23.6 Å². The number of rotatable bonds is 2. The van der Waals surface area contributed by atoms with Crippen LogP contribution in [0.15, 0.2) is 42.6 Å². The molecule has 0 unspecified atom stereocenters. The van der Waals surface area contributed by atoms with Crippen molar-refractivity contribution in [1.29, 1.82) is 0 Å². The largest absolute Gasteiger partial charge is 0.417 e. The maximum atomic E-state index is 13.3. The lowest BCUT2D eigenvalue weighted by molar-refractivity contribution is -0.137. The summed E-state index contributed by atoms with van der Waals surface area (Å²) in [7, 11) is 0. The van der Waals surface area contributed by atoms with Crippen LogP contribution < -0.4 is 0 Å². The molecular weight excluding hydrogens is 419 g/mol. The Hall–Kier alpha value is -3.27. The molecule has 0 saturated heterocycles. The second-order valence-electron chi connectivity index (χ2n) is 6.90. The van der Waals surface area contributed by atoms with Crippen molar-refractivity contribution >= 4 is 11.6 Å². The Balaban J connectivity index is 1.66. The lowest BCUT2D eigenvalue weighted by Crippen LogP contribution is -2.22. The Labute approximate surface area is 173 Å². The molecule has 152 valence electrons. The van der Waals surface area contributed by atoms with Crippen molar-refractivity contribution in [3.8, 4) is 34.6 Å². The number of fused-ring (bicyclic) bond motifs is 3. The quantitative estimate of drug-likeness (QED) is 0.466. The van der Waals surface area contributed by atoms with Gasteiger partial charge in [0.1, 0.15) is 5.69 Å². The van der Waals surface area contributed by atoms with Gasteiger partial charge in [0.25, 0.3) is 0 Å². The molecule has 1 aliphatic heterocycles. The zero-order valence-corrected chi connectivity index (χ0v) is 16.2. The average molecular weight is 432 g/mol. The highest BCUT2D eigenvalue weighted by molar-refractivity contribution is 6.34. The maximum absolute atomic E-state index is 13.3. The van der Waals surface area contributed by atoms with Gasteiger partial charge in [0.05, 0.1) is 16.6 Å². The van der Waals surface area contributed by atoms with E-state index in [1.54, 1.807) is 16.8 Å². The zero-order chi connectivity index (χ0) is 21.0. The molecule has 0 aliphatic carbocycles. The molecule has 7 nitrogen and oxygen atoms in total. The molecular formula is C19H13ClF3N7. The number of nitrogens with zero attached hydrogens (tertiary/aromatic N) is 7. The molecule has 11 heteroatoms. The van der Waals surface area contributed by atoms with Crippen LogP contribution in [0.5, 0.6) is 0 Å². The summed E-state index contributed by atoms with van der Waals surface area (Å²) in [5.74, 6) is 1.72. The fourth-order valence-corrected chi connectivity index (χ4v) is 3.96. The van der Waals surface area contributed by atoms with Gasteiger partial charge in [-0.2, -0.15) is 13.2 Å². The lowest BCUT2D eigenvalue weighted by Gasteiger charge is -2.25. The van der Waals surface area contributed by atoms with Gasteiger partial charge in [-0.25, -0.2) is 0 Å². The molecule has 0 amide bonds. The van der Waals surface area contributed by atoms with E-state index in [-0.39, 0.29) is 17.4 Å². The molecule has 3 aromatic heterocycles. The van der Waals surface area contributed by atoms with Crippen LogP contribution >= 0.6 is 11.6 Å². The van der Waals surface area contributed by atoms with Gasteiger partial charge in [0.15, 0.2) is 11.6 Å². The van der Waals surface area contributed by atoms with Crippen molar-refractivity contribution in [2.45, 2.75) is 25.7 Å². The fourth-order valence-electron chi connectivity index (χ4n) is 3.64. The van der Waals surface area contributed by atoms with E-state index in [0.29, 0.717) is 29.7 Å². The van der Waals surface area contributed by atoms with E-state index >= 15 is 0 Å². The van der Waals surface area contributed by atoms with Gasteiger partial charge in [-0.15, -0.1) is 20.4 Å². The summed E-state index contributed by atoms with van der Waals surface area (Å²) in [4.78, 5) is 4.32. The summed E-state index contributed by atoms with van der Waals surface area (Å²) in [6, 6.07) is 9.06. The predicted octanol–water partition coefficient (Wildman–Crippen LogP) is 4.51. The number of hydrogen-bond donors (Lipinski definition) is 0. The topological polar surface area (TPSA) is 74.3 Å². The monoisotopic (exact) mass is 431 g/mol. The Bertz CT molecular complexity index is 1250. The van der Waals surface area contributed by atoms with Gasteiger partial charge in [-0.05, 0) is 31.2 Å². The lowest BCUT2D eigenvalue weighted by atomic mass is 10.1. The molecule has 0 fully saturated rings. The van der Waals surface area contributed by atoms with Crippen LogP contribution in [0.1, 0.15) is 18.5 Å². The minimum atomic E-state index is -4.57. The molecule has 1 aliphatic rings. The Morgan fingerprint density at radius 1 is 0.933 bits per heavy atom. The van der Waals surface area contributed by atoms with Crippen molar-refractivity contribution in [1.82, 2.24) is 34.5 Å². The van der Waals surface area contributed by atoms with E-state index in [9.17, 15) is 13.2 Å². The Morgan fingerprint density at radius 3 is 2.40 bits per heavy atom. The molecule has 5 rings (SSSR count). The van der Waals surface area contributed by atoms with Crippen LogP contribution in [0.25, 0.3) is 34.6 Å². The molecule has 0 N–H and O–H groups in total. The van der Waals surface area contributed by atoms with Gasteiger partial charge < -0.3 is 4.57 Å². The van der Waals surface area contributed by atoms with E-state index in [2.05, 4.69) is 25.4 Å². The Morgan fingerprint density at radius 2 is 1.67 bits per heavy atom. The first-order valence-corrected chi connectivity index (χ1v) is 9.40. The van der Waals surface area contributed by atoms with E-state index in [1.165, 1.54) is 12.1 Å². The van der Waals surface area contributed by atoms with E-state index in [4.69, 9.17) is 11.6 Å². The zero-order valence-electron chi connectivity index (χ0n) is 15.5. The molecule has 0 saturated carbocycles. The number of benzene rings is 1. The molecule has 0 spiro atoms. The second kappa shape index (κ2) is 6.63. The highest BCUT2D eigenvalue weighted by Crippen LogP contribution is 2.41. The standard InChI is InChI=1S/C19H13ClF3N7/c1-10-9-29-16(13-7-2-3-8-24-13)26-27-17(29)18-28-25-15(30(10)18)11-5-4-6-12(14(11)20)19(21,22)23/h2-8,10H,9H2,1H3/t10-/m0/s1. The highest BCUT2D eigenvalue weighted by Gasteiger charge is 2.36. The van der Waals surface area contributed by atoms with Gasteiger partial charge in [-0.3, -0.25) is 9.55 Å². The molecule has 0 bridgehead atoms. The normalized spacial score (nSPS) is 15.7. The first-order valence-electron chi connectivity index (χ1n) is 9.02. The predicted molar refractivity (Wildman–Crippen MR) is 102 cm³/mol. The van der Waals surface area contributed by atoms with Gasteiger partial charge in [-0.1, -0.05) is 23.7 Å². The van der Waals surface area contributed by atoms with Crippen LogP contribution in [0.2, 0.25) is 5.02 Å². The number of hydrogen-bond acceptors (Lipinski definition) is 5. The Kier molecular flexibility index (Phi) is 4.14. The molecule has 0 radical (unpaired) electrons. The number of pyridine rings is 1. The number of aromatic nitrogens is 7. The number of alkyl halides is 3. The summed E-state index contributed by atoms with van der Waals surface area (Å²) in [5, 5.41) is 16.4. The van der Waals surface area contributed by atoms with E-state index < -0.39 is 16.8 Å². The summed E-state index contributed by atoms with van der Waals surface area (Å²) < 4.78 is 43.5. The summed E-state index contributed by atoms with van der Waals surface area (Å²) in [6.45, 7) is 2.39. The SMILES string of the molecule is C[C@H]1Cn2c(-c3ccccn3)nnc2-c2nnc(-c3cccc(C(F)(F)F)c3Cl)n21. The molecule has 1 atom stereocenters. The first-order chi connectivity index (χ1) is 14.4.